The fraction of sp³-hybridized carbons (Fsp3) is 0.658. The summed E-state index contributed by atoms with van der Waals surface area (Å²) >= 11 is 0. The van der Waals surface area contributed by atoms with Crippen LogP contribution in [0.3, 0.4) is 0 Å². The molecule has 4 heterocycles. The van der Waals surface area contributed by atoms with Crippen LogP contribution in [0.25, 0.3) is 11.0 Å². The van der Waals surface area contributed by atoms with E-state index in [0.717, 1.165) is 55.3 Å². The van der Waals surface area contributed by atoms with Crippen LogP contribution in [-0.4, -0.2) is 103 Å². The third-order valence-electron chi connectivity index (χ3n) is 12.7. The number of fused-ring (bicyclic) bond motifs is 1. The fourth-order valence-electron chi connectivity index (χ4n) is 9.37. The maximum atomic E-state index is 14.1. The van der Waals surface area contributed by atoms with Crippen molar-refractivity contribution in [2.45, 2.75) is 103 Å². The molecule has 2 amide bonds. The minimum atomic E-state index is -0.802. The van der Waals surface area contributed by atoms with Crippen LogP contribution in [0.1, 0.15) is 72.3 Å². The van der Waals surface area contributed by atoms with E-state index in [-0.39, 0.29) is 17.1 Å². The van der Waals surface area contributed by atoms with Gasteiger partial charge < -0.3 is 33.0 Å². The molecule has 1 unspecified atom stereocenters. The first-order valence-electron chi connectivity index (χ1n) is 18.3. The maximum Gasteiger partial charge on any atom is 0.482 e. The number of carbonyl (C=O) groups is 2. The van der Waals surface area contributed by atoms with Gasteiger partial charge in [-0.15, -0.1) is 0 Å². The number of para-hydroxylation sites is 1. The molecule has 6 aliphatic rings. The first-order valence-corrected chi connectivity index (χ1v) is 18.3. The lowest BCUT2D eigenvalue weighted by Crippen LogP contribution is -2.65. The van der Waals surface area contributed by atoms with E-state index < -0.39 is 42.4 Å². The van der Waals surface area contributed by atoms with E-state index in [1.54, 1.807) is 29.2 Å². The van der Waals surface area contributed by atoms with Gasteiger partial charge in [-0.2, -0.15) is 5.26 Å². The number of furan rings is 1. The molecule has 2 bridgehead atoms. The minimum Gasteiger partial charge on any atom is -0.464 e. The summed E-state index contributed by atoms with van der Waals surface area (Å²) in [5, 5.41) is 11.1. The van der Waals surface area contributed by atoms with Crippen molar-refractivity contribution in [2.24, 2.45) is 17.3 Å². The lowest BCUT2D eigenvalue weighted by atomic mass is 9.43. The Balaban J connectivity index is 1.11. The Hall–Kier alpha value is -3.37. The molecule has 0 N–H and O–H groups in total. The van der Waals surface area contributed by atoms with E-state index in [0.29, 0.717) is 44.4 Å². The Morgan fingerprint density at radius 3 is 2.66 bits per heavy atom. The number of ether oxygens (including phenoxy) is 2. The maximum absolute atomic E-state index is 14.1. The molecule has 11 nitrogen and oxygen atoms in total. The van der Waals surface area contributed by atoms with Crippen molar-refractivity contribution in [1.82, 2.24) is 14.7 Å². The lowest BCUT2D eigenvalue weighted by Gasteiger charge is -2.64. The number of carbonyl (C=O) groups excluding carboxylic acids is 2. The van der Waals surface area contributed by atoms with Gasteiger partial charge in [0.2, 0.25) is 0 Å². The quantitative estimate of drug-likeness (QED) is 0.199. The molecule has 268 valence electrons. The Morgan fingerprint density at radius 2 is 1.92 bits per heavy atom. The summed E-state index contributed by atoms with van der Waals surface area (Å²) in [7, 11) is 1.04. The van der Waals surface area contributed by atoms with Gasteiger partial charge >= 0.3 is 13.2 Å². The zero-order valence-electron chi connectivity index (χ0n) is 30.4. The third-order valence-corrected chi connectivity index (χ3v) is 12.7. The van der Waals surface area contributed by atoms with Crippen LogP contribution < -0.4 is 0 Å². The summed E-state index contributed by atoms with van der Waals surface area (Å²) in [6.07, 6.45) is 6.60. The Kier molecular flexibility index (Phi) is 9.33. The fourth-order valence-corrected chi connectivity index (χ4v) is 9.37. The molecule has 0 spiro atoms. The highest BCUT2D eigenvalue weighted by molar-refractivity contribution is 6.48. The number of amides is 2. The molecule has 2 aromatic rings. The van der Waals surface area contributed by atoms with Crippen LogP contribution in [0.5, 0.6) is 0 Å². The Morgan fingerprint density at radius 1 is 1.16 bits per heavy atom. The van der Waals surface area contributed by atoms with Crippen LogP contribution in [0.15, 0.2) is 46.6 Å². The van der Waals surface area contributed by atoms with Gasteiger partial charge in [0.05, 0.1) is 37.1 Å². The van der Waals surface area contributed by atoms with Crippen LogP contribution >= 0.6 is 0 Å². The van der Waals surface area contributed by atoms with Crippen LogP contribution in [0.2, 0.25) is 0 Å². The number of hydrogen-bond donors (Lipinski definition) is 0. The predicted molar refractivity (Wildman–Crippen MR) is 188 cm³/mol. The summed E-state index contributed by atoms with van der Waals surface area (Å²) in [5.74, 6) is 0.0154. The van der Waals surface area contributed by atoms with Crippen molar-refractivity contribution in [3.63, 3.8) is 0 Å². The molecule has 6 fully saturated rings. The van der Waals surface area contributed by atoms with Crippen molar-refractivity contribution < 1.29 is 32.8 Å². The number of likely N-dealkylation sites (N-methyl/N-ethyl adjacent to an activating group) is 1. The highest BCUT2D eigenvalue weighted by atomic mass is 16.7. The molecule has 1 aromatic heterocycles. The number of hydrogen-bond acceptors (Lipinski definition) is 9. The second-order valence-electron chi connectivity index (χ2n) is 16.2. The number of likely N-dealkylation sites (tertiary alicyclic amines) is 1. The Labute approximate surface area is 295 Å². The van der Waals surface area contributed by atoms with Gasteiger partial charge in [-0.1, -0.05) is 32.0 Å². The average molecular weight is 687 g/mol. The monoisotopic (exact) mass is 686 g/mol. The van der Waals surface area contributed by atoms with Gasteiger partial charge in [0.1, 0.15) is 17.2 Å². The highest BCUT2D eigenvalue weighted by Gasteiger charge is 2.68. The van der Waals surface area contributed by atoms with Gasteiger partial charge in [0.25, 0.3) is 5.91 Å². The van der Waals surface area contributed by atoms with Crippen molar-refractivity contribution in [1.29, 1.82) is 5.26 Å². The van der Waals surface area contributed by atoms with Gasteiger partial charge in [-0.25, -0.2) is 4.79 Å². The number of nitriles is 1. The third kappa shape index (κ3) is 6.14. The molecule has 1 aromatic carbocycles. The highest BCUT2D eigenvalue weighted by Crippen LogP contribution is 2.65. The van der Waals surface area contributed by atoms with Crippen molar-refractivity contribution in [3.8, 4) is 6.07 Å². The SMILES string of the molecule is CN(C(=O)O[C@@H]1CCCCN1C(=O)C(C#N)=CC(C)(C)N1CCOCC1)C(Cc1coc2ccccc12)B1O[C@@H]2C[C@@H]3C[C@@H](C3(C)C)[C@]2(C)O1. The van der Waals surface area contributed by atoms with Crippen molar-refractivity contribution in [3.05, 3.63) is 47.7 Å². The van der Waals surface area contributed by atoms with E-state index >= 15 is 0 Å². The summed E-state index contributed by atoms with van der Waals surface area (Å²) in [6.45, 7) is 13.9. The molecule has 50 heavy (non-hydrogen) atoms. The topological polar surface area (TPSA) is 118 Å². The van der Waals surface area contributed by atoms with Gasteiger partial charge in [0, 0.05) is 44.0 Å². The summed E-state index contributed by atoms with van der Waals surface area (Å²) in [5.41, 5.74) is 0.969. The van der Waals surface area contributed by atoms with Gasteiger partial charge in [0.15, 0.2) is 6.23 Å². The molecule has 0 radical (unpaired) electrons. The molecule has 12 heteroatoms. The second-order valence-corrected chi connectivity index (χ2v) is 16.2. The molecule has 3 saturated carbocycles. The number of morpholine rings is 1. The Bertz CT molecular complexity index is 1680. The first kappa shape index (κ1) is 35.1. The molecule has 3 aliphatic carbocycles. The van der Waals surface area contributed by atoms with E-state index in [1.165, 1.54) is 0 Å². The lowest BCUT2D eigenvalue weighted by molar-refractivity contribution is -0.199. The van der Waals surface area contributed by atoms with Crippen LogP contribution in [0.4, 0.5) is 4.79 Å². The number of benzene rings is 1. The van der Waals surface area contributed by atoms with Gasteiger partial charge in [-0.05, 0) is 87.8 Å². The number of piperidine rings is 1. The molecule has 6 atom stereocenters. The molecular weight excluding hydrogens is 635 g/mol. The minimum absolute atomic E-state index is 0.0485. The average Bonchev–Trinajstić information content (AvgIpc) is 3.69. The largest absolute Gasteiger partial charge is 0.482 e. The smallest absolute Gasteiger partial charge is 0.464 e. The summed E-state index contributed by atoms with van der Waals surface area (Å²) < 4.78 is 31.2. The predicted octanol–water partition coefficient (Wildman–Crippen LogP) is 5.58. The number of rotatable bonds is 8. The molecular formula is C38H51BN4O7. The van der Waals surface area contributed by atoms with E-state index in [9.17, 15) is 14.9 Å². The number of nitrogens with zero attached hydrogens (tertiary/aromatic N) is 4. The van der Waals surface area contributed by atoms with E-state index in [4.69, 9.17) is 23.2 Å². The van der Waals surface area contributed by atoms with Gasteiger partial charge in [-0.3, -0.25) is 9.69 Å². The van der Waals surface area contributed by atoms with Crippen LogP contribution in [0, 0.1) is 28.6 Å². The van der Waals surface area contributed by atoms with E-state index in [1.807, 2.05) is 38.1 Å². The first-order chi connectivity index (χ1) is 23.8. The zero-order valence-corrected chi connectivity index (χ0v) is 30.4. The van der Waals surface area contributed by atoms with E-state index in [2.05, 4.69) is 31.7 Å². The van der Waals surface area contributed by atoms with Crippen molar-refractivity contribution >= 4 is 30.1 Å². The normalized spacial score (nSPS) is 30.3. The summed E-state index contributed by atoms with van der Waals surface area (Å²) in [4.78, 5) is 33.4. The van der Waals surface area contributed by atoms with Crippen molar-refractivity contribution in [2.75, 3.05) is 39.9 Å². The zero-order chi connectivity index (χ0) is 35.4. The second kappa shape index (κ2) is 13.3. The standard InChI is InChI=1S/C38H51BN4O7/c1-36(2,42-15-17-46-18-16-42)22-26(23-40)34(44)43-14-10-9-13-33(43)48-35(45)41(6)32(19-25-24-47-29-12-8-7-11-28(25)29)39-49-31-21-27-20-30(37(27,3)4)38(31,5)50-39/h7-8,11-12,22,24,27,30-33H,9-10,13-21H2,1-6H3/t27-,30-,31+,32?,33+,38-/m0/s1. The molecule has 3 saturated heterocycles. The molecule has 3 aliphatic heterocycles. The van der Waals surface area contributed by atoms with Crippen LogP contribution in [-0.2, 0) is 30.0 Å². The summed E-state index contributed by atoms with van der Waals surface area (Å²) in [6, 6.07) is 10.0. The molecule has 8 rings (SSSR count).